The second-order valence-electron chi connectivity index (χ2n) is 9.81. The normalized spacial score (nSPS) is 16.2. The summed E-state index contributed by atoms with van der Waals surface area (Å²) in [6.45, 7) is 7.97. The topological polar surface area (TPSA) is 46.9 Å². The van der Waals surface area contributed by atoms with Gasteiger partial charge in [0.15, 0.2) is 5.78 Å². The van der Waals surface area contributed by atoms with E-state index in [9.17, 15) is 4.79 Å². The largest absolute Gasteiger partial charge is 0.497 e. The summed E-state index contributed by atoms with van der Waals surface area (Å²) in [5.41, 5.74) is 5.26. The quantitative estimate of drug-likeness (QED) is 0.305. The van der Waals surface area contributed by atoms with Gasteiger partial charge in [-0.3, -0.25) is 9.69 Å². The van der Waals surface area contributed by atoms with E-state index >= 15 is 0 Å². The number of piperazine rings is 1. The summed E-state index contributed by atoms with van der Waals surface area (Å²) in [5, 5.41) is 0.961. The van der Waals surface area contributed by atoms with E-state index in [0.717, 1.165) is 59.8 Å². The predicted molar refractivity (Wildman–Crippen MR) is 149 cm³/mol. The average molecular weight is 498 g/mol. The first kappa shape index (κ1) is 24.9. The van der Waals surface area contributed by atoms with Crippen molar-refractivity contribution in [3.8, 4) is 11.5 Å². The van der Waals surface area contributed by atoms with Gasteiger partial charge >= 0.3 is 0 Å². The van der Waals surface area contributed by atoms with Crippen LogP contribution >= 0.6 is 0 Å². The summed E-state index contributed by atoms with van der Waals surface area (Å²) in [4.78, 5) is 18.5. The third-order valence-corrected chi connectivity index (χ3v) is 7.48. The molecule has 0 amide bonds. The van der Waals surface area contributed by atoms with Crippen LogP contribution < -0.4 is 14.4 Å². The maximum atomic E-state index is 13.8. The maximum Gasteiger partial charge on any atom is 0.179 e. The Kier molecular flexibility index (Phi) is 7.19. The van der Waals surface area contributed by atoms with E-state index in [-0.39, 0.29) is 5.78 Å². The van der Waals surface area contributed by atoms with Gasteiger partial charge < -0.3 is 18.9 Å². The van der Waals surface area contributed by atoms with Crippen LogP contribution in [0, 0.1) is 6.92 Å². The lowest BCUT2D eigenvalue weighted by Crippen LogP contribution is -2.53. The van der Waals surface area contributed by atoms with Gasteiger partial charge in [-0.2, -0.15) is 0 Å². The van der Waals surface area contributed by atoms with Crippen LogP contribution in [0.4, 0.5) is 5.69 Å². The summed E-state index contributed by atoms with van der Waals surface area (Å²) in [6.07, 6.45) is 0. The molecular weight excluding hydrogens is 462 g/mol. The van der Waals surface area contributed by atoms with Gasteiger partial charge in [0.2, 0.25) is 0 Å². The van der Waals surface area contributed by atoms with Crippen LogP contribution in [0.3, 0.4) is 0 Å². The molecule has 1 fully saturated rings. The van der Waals surface area contributed by atoms with Crippen LogP contribution in [-0.4, -0.2) is 61.7 Å². The van der Waals surface area contributed by atoms with E-state index in [1.807, 2.05) is 30.3 Å². The van der Waals surface area contributed by atoms with Crippen molar-refractivity contribution in [3.05, 3.63) is 89.6 Å². The highest BCUT2D eigenvalue weighted by Crippen LogP contribution is 2.31. The zero-order valence-electron chi connectivity index (χ0n) is 22.1. The molecule has 5 rings (SSSR count). The van der Waals surface area contributed by atoms with Crippen LogP contribution in [0.25, 0.3) is 10.9 Å². The van der Waals surface area contributed by atoms with Gasteiger partial charge in [0.05, 0.1) is 20.8 Å². The van der Waals surface area contributed by atoms with Crippen LogP contribution in [0.1, 0.15) is 28.5 Å². The summed E-state index contributed by atoms with van der Waals surface area (Å²) in [5.74, 6) is 1.78. The van der Waals surface area contributed by atoms with E-state index in [4.69, 9.17) is 9.47 Å². The summed E-state index contributed by atoms with van der Waals surface area (Å²) >= 11 is 0. The Morgan fingerprint density at radius 1 is 0.919 bits per heavy atom. The third kappa shape index (κ3) is 5.07. The molecule has 192 valence electrons. The van der Waals surface area contributed by atoms with Gasteiger partial charge in [-0.1, -0.05) is 30.3 Å². The van der Waals surface area contributed by atoms with E-state index in [1.54, 1.807) is 14.2 Å². The Morgan fingerprint density at radius 2 is 1.62 bits per heavy atom. The Hall–Kier alpha value is -3.77. The van der Waals surface area contributed by atoms with Gasteiger partial charge in [0.1, 0.15) is 11.5 Å². The van der Waals surface area contributed by atoms with Gasteiger partial charge in [0, 0.05) is 60.1 Å². The lowest BCUT2D eigenvalue weighted by molar-refractivity contribution is 0.0918. The Balaban J connectivity index is 1.37. The van der Waals surface area contributed by atoms with E-state index in [1.165, 1.54) is 11.3 Å². The zero-order chi connectivity index (χ0) is 25.9. The van der Waals surface area contributed by atoms with Crippen molar-refractivity contribution < 1.29 is 14.3 Å². The van der Waals surface area contributed by atoms with Crippen LogP contribution in [0.2, 0.25) is 0 Å². The molecule has 6 heteroatoms. The molecule has 1 aromatic heterocycles. The second-order valence-corrected chi connectivity index (χ2v) is 9.81. The van der Waals surface area contributed by atoms with Crippen molar-refractivity contribution in [1.29, 1.82) is 0 Å². The molecule has 0 bridgehead atoms. The molecule has 37 heavy (non-hydrogen) atoms. The summed E-state index contributed by atoms with van der Waals surface area (Å²) in [6, 6.07) is 24.9. The Morgan fingerprint density at radius 3 is 2.30 bits per heavy atom. The number of ether oxygens (including phenoxy) is 2. The number of nitrogens with zero attached hydrogens (tertiary/aromatic N) is 3. The van der Waals surface area contributed by atoms with Crippen molar-refractivity contribution >= 4 is 22.4 Å². The minimum absolute atomic E-state index is 0.160. The number of ketones is 1. The highest BCUT2D eigenvalue weighted by molar-refractivity contribution is 6.10. The van der Waals surface area contributed by atoms with Crippen LogP contribution in [0.15, 0.2) is 72.8 Å². The average Bonchev–Trinajstić information content (AvgIpc) is 3.19. The summed E-state index contributed by atoms with van der Waals surface area (Å²) < 4.78 is 13.1. The fourth-order valence-corrected chi connectivity index (χ4v) is 5.53. The number of hydrogen-bond acceptors (Lipinski definition) is 5. The van der Waals surface area contributed by atoms with Crippen molar-refractivity contribution in [2.45, 2.75) is 26.4 Å². The van der Waals surface area contributed by atoms with Crippen LogP contribution in [-0.2, 0) is 6.54 Å². The standard InChI is InChI=1S/C31H35N3O3/c1-22-19-32(16-17-33(22)25-10-12-26(36-3)13-11-25)21-30(35)31-23(2)34(20-24-8-6-5-7-9-24)29-15-14-27(37-4)18-28(29)31/h5-15,18,22H,16-17,19-21H2,1-4H3/t22-/m1/s1. The zero-order valence-corrected chi connectivity index (χ0v) is 22.1. The molecule has 1 aliphatic rings. The lowest BCUT2D eigenvalue weighted by Gasteiger charge is -2.41. The molecule has 1 aliphatic heterocycles. The molecule has 0 radical (unpaired) electrons. The number of hydrogen-bond donors (Lipinski definition) is 0. The number of methoxy groups -OCH3 is 2. The number of fused-ring (bicyclic) bond motifs is 1. The minimum Gasteiger partial charge on any atom is -0.497 e. The molecular formula is C31H35N3O3. The molecule has 0 spiro atoms. The number of carbonyl (C=O) groups is 1. The Labute approximate surface area is 219 Å². The SMILES string of the molecule is COc1ccc(N2CCN(CC(=O)c3c(C)n(Cc4ccccc4)c4ccc(OC)cc34)C[C@H]2C)cc1. The third-order valence-electron chi connectivity index (χ3n) is 7.48. The summed E-state index contributed by atoms with van der Waals surface area (Å²) in [7, 11) is 3.35. The molecule has 0 N–H and O–H groups in total. The van der Waals surface area contributed by atoms with E-state index in [2.05, 4.69) is 70.7 Å². The van der Waals surface area contributed by atoms with Gasteiger partial charge in [-0.05, 0) is 61.9 Å². The number of Topliss-reactive ketones (excluding diaryl/α,β-unsaturated/α-hetero) is 1. The predicted octanol–water partition coefficient (Wildman–Crippen LogP) is 5.41. The Bertz CT molecular complexity index is 1380. The molecule has 6 nitrogen and oxygen atoms in total. The number of carbonyl (C=O) groups excluding carboxylic acids is 1. The fourth-order valence-electron chi connectivity index (χ4n) is 5.53. The first-order valence-electron chi connectivity index (χ1n) is 12.9. The molecule has 3 aromatic carbocycles. The molecule has 0 unspecified atom stereocenters. The molecule has 0 saturated carbocycles. The van der Waals surface area contributed by atoms with E-state index < -0.39 is 0 Å². The maximum absolute atomic E-state index is 13.8. The first-order chi connectivity index (χ1) is 18.0. The smallest absolute Gasteiger partial charge is 0.179 e. The molecule has 0 aliphatic carbocycles. The number of rotatable bonds is 8. The molecule has 2 heterocycles. The number of anilines is 1. The van der Waals surface area contributed by atoms with Crippen molar-refractivity contribution in [2.75, 3.05) is 45.3 Å². The highest BCUT2D eigenvalue weighted by Gasteiger charge is 2.28. The lowest BCUT2D eigenvalue weighted by atomic mass is 10.0. The fraction of sp³-hybridized carbons (Fsp3) is 0.323. The van der Waals surface area contributed by atoms with E-state index in [0.29, 0.717) is 12.6 Å². The van der Waals surface area contributed by atoms with Crippen molar-refractivity contribution in [1.82, 2.24) is 9.47 Å². The second kappa shape index (κ2) is 10.7. The van der Waals surface area contributed by atoms with Gasteiger partial charge in [-0.15, -0.1) is 0 Å². The molecule has 1 saturated heterocycles. The van der Waals surface area contributed by atoms with Crippen molar-refractivity contribution in [2.24, 2.45) is 0 Å². The number of aromatic nitrogens is 1. The molecule has 1 atom stereocenters. The number of benzene rings is 3. The van der Waals surface area contributed by atoms with Gasteiger partial charge in [0.25, 0.3) is 0 Å². The van der Waals surface area contributed by atoms with Gasteiger partial charge in [-0.25, -0.2) is 0 Å². The first-order valence-corrected chi connectivity index (χ1v) is 12.9. The highest BCUT2D eigenvalue weighted by atomic mass is 16.5. The minimum atomic E-state index is 0.160. The monoisotopic (exact) mass is 497 g/mol. The van der Waals surface area contributed by atoms with Crippen LogP contribution in [0.5, 0.6) is 11.5 Å². The molecule has 4 aromatic rings. The van der Waals surface area contributed by atoms with Crippen molar-refractivity contribution in [3.63, 3.8) is 0 Å².